The van der Waals surface area contributed by atoms with Crippen molar-refractivity contribution in [2.24, 2.45) is 5.73 Å². The summed E-state index contributed by atoms with van der Waals surface area (Å²) in [6.45, 7) is 0. The van der Waals surface area contributed by atoms with Gasteiger partial charge in [0.25, 0.3) is 0 Å². The normalized spacial score (nSPS) is 19.5. The average molecular weight is 517 g/mol. The van der Waals surface area contributed by atoms with Crippen LogP contribution in [0.15, 0.2) is 60.2 Å². The molecule has 184 valence electrons. The van der Waals surface area contributed by atoms with Gasteiger partial charge in [-0.05, 0) is 35.4 Å². The molecule has 0 unspecified atom stereocenters. The molecule has 0 bridgehead atoms. The molecule has 6 nitrogen and oxygen atoms in total. The molecule has 16 heteroatoms. The fraction of sp³-hybridized carbons (Fsp3) is 0.211. The lowest BCUT2D eigenvalue weighted by Gasteiger charge is -2.26. The maximum absolute atomic E-state index is 13.0. The Morgan fingerprint density at radius 2 is 1.23 bits per heavy atom. The lowest BCUT2D eigenvalue weighted by Crippen LogP contribution is -2.40. The number of carbonyl (C=O) groups excluding carboxylic acids is 1. The summed E-state index contributed by atoms with van der Waals surface area (Å²) in [5, 5.41) is 0. The van der Waals surface area contributed by atoms with E-state index in [-0.39, 0.29) is 11.1 Å². The highest BCUT2D eigenvalue weighted by Crippen LogP contribution is 2.39. The van der Waals surface area contributed by atoms with Crippen molar-refractivity contribution < 1.29 is 48.5 Å². The number of benzene rings is 2. The van der Waals surface area contributed by atoms with Crippen LogP contribution >= 0.6 is 0 Å². The van der Waals surface area contributed by atoms with Gasteiger partial charge in [-0.15, -0.1) is 0 Å². The zero-order chi connectivity index (χ0) is 26.6. The van der Waals surface area contributed by atoms with Crippen molar-refractivity contribution in [3.8, 4) is 0 Å². The Bertz CT molecular complexity index is 1290. The van der Waals surface area contributed by atoms with Crippen molar-refractivity contribution in [1.82, 2.24) is 0 Å². The summed E-state index contributed by atoms with van der Waals surface area (Å²) >= 11 is 0. The Morgan fingerprint density at radius 3 is 1.66 bits per heavy atom. The molecule has 2 aromatic carbocycles. The van der Waals surface area contributed by atoms with E-state index in [1.54, 1.807) is 0 Å². The molecule has 2 N–H and O–H groups in total. The van der Waals surface area contributed by atoms with E-state index in [0.29, 0.717) is 12.1 Å². The molecule has 1 heterocycles. The highest BCUT2D eigenvalue weighted by molar-refractivity contribution is 7.90. The fourth-order valence-corrected chi connectivity index (χ4v) is 4.32. The van der Waals surface area contributed by atoms with Gasteiger partial charge in [0.2, 0.25) is 17.4 Å². The second-order valence-electron chi connectivity index (χ2n) is 8.36. The zero-order valence-electron chi connectivity index (χ0n) is 18.4. The van der Waals surface area contributed by atoms with Crippen LogP contribution in [0.5, 0.6) is 0 Å². The molecule has 1 aliphatic heterocycles. The third-order valence-corrected chi connectivity index (χ3v) is 7.54. The molecule has 0 spiro atoms. The minimum absolute atomic E-state index is 0.0450. The average Bonchev–Trinajstić information content (AvgIpc) is 2.96. The van der Waals surface area contributed by atoms with Gasteiger partial charge in [-0.3, -0.25) is 4.79 Å². The molecule has 1 aliphatic rings. The number of carbonyl (C=O) groups is 1. The molecule has 0 amide bonds. The Labute approximate surface area is 198 Å². The van der Waals surface area contributed by atoms with E-state index in [9.17, 15) is 39.6 Å². The Balaban J connectivity index is 1.89. The number of Topliss-reactive ketones (excluding diaryl/α,β-unsaturated/α-hetero) is 1. The van der Waals surface area contributed by atoms with Gasteiger partial charge in [0.15, 0.2) is 13.3 Å². The van der Waals surface area contributed by atoms with Crippen LogP contribution in [0.3, 0.4) is 0 Å². The van der Waals surface area contributed by atoms with Crippen LogP contribution < -0.4 is 5.73 Å². The Morgan fingerprint density at radius 1 is 0.829 bits per heavy atom. The third kappa shape index (κ3) is 4.75. The van der Waals surface area contributed by atoms with Crippen molar-refractivity contribution in [2.45, 2.75) is 22.4 Å². The largest absolute Gasteiger partial charge is 0.467 e. The summed E-state index contributed by atoms with van der Waals surface area (Å²) < 4.78 is 111. The molecule has 0 aliphatic carbocycles. The summed E-state index contributed by atoms with van der Waals surface area (Å²) in [4.78, 5) is 13.0. The minimum atomic E-state index is -4.74. The summed E-state index contributed by atoms with van der Waals surface area (Å²) in [5.41, 5.74) is 1.62. The number of halogens is 6. The SMILES string of the molecule is BC(B)(c1ccc(C(F)(F)F)cc1)S(=O)(=O)OC1=C(N)O[C@](B)(c2ccc(C(F)(F)F)cc2)C1=O. The van der Waals surface area contributed by atoms with Crippen LogP contribution in [0.1, 0.15) is 22.3 Å². The summed E-state index contributed by atoms with van der Waals surface area (Å²) in [6, 6.07) is 6.72. The monoisotopic (exact) mass is 517 g/mol. The minimum Gasteiger partial charge on any atom is -0.467 e. The number of hydrogen-bond acceptors (Lipinski definition) is 6. The van der Waals surface area contributed by atoms with E-state index < -0.39 is 61.1 Å². The summed E-state index contributed by atoms with van der Waals surface area (Å²) in [6.07, 6.45) is -9.25. The van der Waals surface area contributed by atoms with Crippen LogP contribution in [0, 0.1) is 0 Å². The molecular weight excluding hydrogens is 501 g/mol. The van der Waals surface area contributed by atoms with Crippen LogP contribution in [-0.2, 0) is 46.2 Å². The first-order valence-corrected chi connectivity index (χ1v) is 11.2. The number of nitrogens with two attached hydrogens (primary N) is 1. The second-order valence-corrected chi connectivity index (χ2v) is 10.5. The van der Waals surface area contributed by atoms with Gasteiger partial charge in [-0.2, -0.15) is 34.8 Å². The van der Waals surface area contributed by atoms with E-state index in [4.69, 9.17) is 14.7 Å². The van der Waals surface area contributed by atoms with Crippen molar-refractivity contribution in [2.75, 3.05) is 0 Å². The highest BCUT2D eigenvalue weighted by Gasteiger charge is 2.51. The molecule has 3 rings (SSSR count). The first-order valence-electron chi connectivity index (χ1n) is 9.84. The number of hydrogen-bond donors (Lipinski definition) is 1. The van der Waals surface area contributed by atoms with Gasteiger partial charge in [0, 0.05) is 0 Å². The smallest absolute Gasteiger partial charge is 0.416 e. The van der Waals surface area contributed by atoms with Crippen molar-refractivity contribution >= 4 is 39.4 Å². The van der Waals surface area contributed by atoms with E-state index in [0.717, 1.165) is 52.1 Å². The predicted octanol–water partition coefficient (Wildman–Crippen LogP) is 0.660. The third-order valence-electron chi connectivity index (χ3n) is 5.67. The van der Waals surface area contributed by atoms with Crippen LogP contribution in [0.4, 0.5) is 26.3 Å². The standard InChI is InChI=1S/C19H16B3F6NO5S/c20-16(9-1-5-11(6-2-9)18(23,24)25)14(30)13(15(29)33-16)34-35(31,32)17(21,22)10-3-7-12(8-4-10)19(26,27)28/h1-8H,20-22,29H2/t16-/m1/s1. The van der Waals surface area contributed by atoms with Gasteiger partial charge < -0.3 is 14.7 Å². The maximum Gasteiger partial charge on any atom is 0.416 e. The molecule has 0 fully saturated rings. The first kappa shape index (κ1) is 26.6. The van der Waals surface area contributed by atoms with Gasteiger partial charge in [-0.25, -0.2) is 0 Å². The Kier molecular flexibility index (Phi) is 6.29. The molecule has 0 saturated carbocycles. The van der Waals surface area contributed by atoms with E-state index in [2.05, 4.69) is 0 Å². The van der Waals surface area contributed by atoms with E-state index in [1.165, 1.54) is 7.85 Å². The number of ketones is 1. The predicted molar refractivity (Wildman–Crippen MR) is 119 cm³/mol. The topological polar surface area (TPSA) is 95.7 Å². The summed E-state index contributed by atoms with van der Waals surface area (Å²) in [5.74, 6) is -2.68. The van der Waals surface area contributed by atoms with Crippen LogP contribution in [0.2, 0.25) is 0 Å². The highest BCUT2D eigenvalue weighted by atomic mass is 32.2. The van der Waals surface area contributed by atoms with E-state index in [1.807, 2.05) is 0 Å². The second kappa shape index (κ2) is 8.28. The lowest BCUT2D eigenvalue weighted by atomic mass is 9.65. The zero-order valence-corrected chi connectivity index (χ0v) is 19.2. The molecule has 2 aromatic rings. The maximum atomic E-state index is 13.0. The van der Waals surface area contributed by atoms with Gasteiger partial charge >= 0.3 is 22.5 Å². The molecule has 1 atom stereocenters. The Hall–Kier alpha value is -3.03. The fourth-order valence-electron chi connectivity index (χ4n) is 3.31. The van der Waals surface area contributed by atoms with Crippen molar-refractivity contribution in [1.29, 1.82) is 0 Å². The van der Waals surface area contributed by atoms with Gasteiger partial charge in [0.05, 0.1) is 15.7 Å². The molecule has 0 radical (unpaired) electrons. The van der Waals surface area contributed by atoms with Crippen molar-refractivity contribution in [3.63, 3.8) is 0 Å². The quantitative estimate of drug-likeness (QED) is 0.356. The van der Waals surface area contributed by atoms with E-state index >= 15 is 0 Å². The van der Waals surface area contributed by atoms with Crippen LogP contribution in [0.25, 0.3) is 0 Å². The number of ether oxygens (including phenoxy) is 1. The molecular formula is C19H16B3F6NO5S. The van der Waals surface area contributed by atoms with Gasteiger partial charge in [-0.1, -0.05) is 24.3 Å². The van der Waals surface area contributed by atoms with Gasteiger partial charge in [0.1, 0.15) is 15.7 Å². The molecule has 0 saturated heterocycles. The number of rotatable bonds is 5. The lowest BCUT2D eigenvalue weighted by molar-refractivity contribution is -0.138. The van der Waals surface area contributed by atoms with Crippen molar-refractivity contribution in [3.05, 3.63) is 82.4 Å². The first-order chi connectivity index (χ1) is 15.8. The molecule has 35 heavy (non-hydrogen) atoms. The number of alkyl halides is 6. The molecule has 0 aromatic heterocycles. The van der Waals surface area contributed by atoms with Crippen LogP contribution in [-0.4, -0.2) is 37.7 Å². The summed E-state index contributed by atoms with van der Waals surface area (Å²) in [7, 11) is -1.26.